The number of ether oxygens (including phenoxy) is 1. The SMILES string of the molecule is COC(=O)C(CNCC1CCCCC1C)c1ccccc1. The van der Waals surface area contributed by atoms with E-state index in [1.165, 1.54) is 32.8 Å². The molecule has 3 nitrogen and oxygen atoms in total. The number of hydrogen-bond donors (Lipinski definition) is 1. The Morgan fingerprint density at radius 2 is 2.00 bits per heavy atom. The van der Waals surface area contributed by atoms with E-state index in [1.807, 2.05) is 30.3 Å². The summed E-state index contributed by atoms with van der Waals surface area (Å²) in [6.07, 6.45) is 5.36. The number of carbonyl (C=O) groups excluding carboxylic acids is 1. The van der Waals surface area contributed by atoms with E-state index in [0.29, 0.717) is 6.54 Å². The Morgan fingerprint density at radius 1 is 1.29 bits per heavy atom. The van der Waals surface area contributed by atoms with E-state index in [-0.39, 0.29) is 11.9 Å². The smallest absolute Gasteiger partial charge is 0.314 e. The van der Waals surface area contributed by atoms with Gasteiger partial charge in [0.25, 0.3) is 0 Å². The van der Waals surface area contributed by atoms with E-state index in [9.17, 15) is 4.79 Å². The maximum Gasteiger partial charge on any atom is 0.314 e. The summed E-state index contributed by atoms with van der Waals surface area (Å²) < 4.78 is 4.95. The van der Waals surface area contributed by atoms with Crippen LogP contribution in [0.4, 0.5) is 0 Å². The van der Waals surface area contributed by atoms with Crippen LogP contribution in [0, 0.1) is 11.8 Å². The van der Waals surface area contributed by atoms with E-state index in [0.717, 1.165) is 23.9 Å². The highest BCUT2D eigenvalue weighted by Gasteiger charge is 2.24. The second-order valence-electron chi connectivity index (χ2n) is 6.17. The molecule has 0 spiro atoms. The lowest BCUT2D eigenvalue weighted by Gasteiger charge is -2.29. The van der Waals surface area contributed by atoms with Gasteiger partial charge in [-0.25, -0.2) is 0 Å². The molecule has 2 rings (SSSR count). The topological polar surface area (TPSA) is 38.3 Å². The first-order valence-electron chi connectivity index (χ1n) is 8.06. The number of rotatable bonds is 6. The average Bonchev–Trinajstić information content (AvgIpc) is 2.53. The molecule has 1 aliphatic carbocycles. The van der Waals surface area contributed by atoms with Crippen molar-refractivity contribution in [1.29, 1.82) is 0 Å². The van der Waals surface area contributed by atoms with E-state index >= 15 is 0 Å². The molecule has 3 heteroatoms. The molecule has 1 aromatic carbocycles. The highest BCUT2D eigenvalue weighted by atomic mass is 16.5. The van der Waals surface area contributed by atoms with Gasteiger partial charge in [0.1, 0.15) is 0 Å². The number of carbonyl (C=O) groups is 1. The summed E-state index contributed by atoms with van der Waals surface area (Å²) >= 11 is 0. The maximum atomic E-state index is 12.0. The van der Waals surface area contributed by atoms with Gasteiger partial charge in [-0.2, -0.15) is 0 Å². The Kier molecular flexibility index (Phi) is 6.24. The molecular formula is C18H27NO2. The third-order valence-corrected chi connectivity index (χ3v) is 4.73. The van der Waals surface area contributed by atoms with Crippen LogP contribution in [0.15, 0.2) is 30.3 Å². The minimum Gasteiger partial charge on any atom is -0.469 e. The summed E-state index contributed by atoms with van der Waals surface area (Å²) in [5.41, 5.74) is 1.02. The van der Waals surface area contributed by atoms with Gasteiger partial charge in [-0.3, -0.25) is 4.79 Å². The van der Waals surface area contributed by atoms with Crippen LogP contribution in [0.25, 0.3) is 0 Å². The highest BCUT2D eigenvalue weighted by molar-refractivity contribution is 5.78. The largest absolute Gasteiger partial charge is 0.469 e. The van der Waals surface area contributed by atoms with Gasteiger partial charge in [0, 0.05) is 6.54 Å². The van der Waals surface area contributed by atoms with Gasteiger partial charge >= 0.3 is 5.97 Å². The van der Waals surface area contributed by atoms with Crippen LogP contribution in [0.2, 0.25) is 0 Å². The molecule has 0 aliphatic heterocycles. The molecule has 0 bridgehead atoms. The van der Waals surface area contributed by atoms with Crippen LogP contribution in [0.1, 0.15) is 44.1 Å². The van der Waals surface area contributed by atoms with E-state index < -0.39 is 0 Å². The minimum atomic E-state index is -0.213. The van der Waals surface area contributed by atoms with Gasteiger partial charge in [-0.05, 0) is 30.4 Å². The summed E-state index contributed by atoms with van der Waals surface area (Å²) in [6, 6.07) is 9.89. The quantitative estimate of drug-likeness (QED) is 0.816. The molecule has 0 radical (unpaired) electrons. The molecule has 116 valence electrons. The average molecular weight is 289 g/mol. The lowest BCUT2D eigenvalue weighted by molar-refractivity contribution is -0.142. The Hall–Kier alpha value is -1.35. The van der Waals surface area contributed by atoms with Crippen molar-refractivity contribution >= 4 is 5.97 Å². The highest BCUT2D eigenvalue weighted by Crippen LogP contribution is 2.29. The first-order chi connectivity index (χ1) is 10.2. The molecule has 0 heterocycles. The normalized spacial score (nSPS) is 23.5. The van der Waals surface area contributed by atoms with Gasteiger partial charge < -0.3 is 10.1 Å². The number of benzene rings is 1. The van der Waals surface area contributed by atoms with Crippen molar-refractivity contribution in [2.45, 2.75) is 38.5 Å². The van der Waals surface area contributed by atoms with Crippen molar-refractivity contribution in [1.82, 2.24) is 5.32 Å². The molecule has 1 saturated carbocycles. The third-order valence-electron chi connectivity index (χ3n) is 4.73. The fraction of sp³-hybridized carbons (Fsp3) is 0.611. The van der Waals surface area contributed by atoms with Gasteiger partial charge in [-0.15, -0.1) is 0 Å². The fourth-order valence-corrected chi connectivity index (χ4v) is 3.27. The Morgan fingerprint density at radius 3 is 2.67 bits per heavy atom. The standard InChI is InChI=1S/C18H27NO2/c1-14-8-6-7-11-16(14)12-19-13-17(18(20)21-2)15-9-4-3-5-10-15/h3-5,9-10,14,16-17,19H,6-8,11-13H2,1-2H3. The molecule has 1 N–H and O–H groups in total. The zero-order valence-electron chi connectivity index (χ0n) is 13.2. The van der Waals surface area contributed by atoms with Crippen LogP contribution in [0.3, 0.4) is 0 Å². The van der Waals surface area contributed by atoms with Crippen LogP contribution in [0.5, 0.6) is 0 Å². The molecule has 3 atom stereocenters. The Bertz CT molecular complexity index is 432. The Labute approximate surface area is 128 Å². The van der Waals surface area contributed by atoms with Gasteiger partial charge in [0.15, 0.2) is 0 Å². The van der Waals surface area contributed by atoms with Gasteiger partial charge in [0.2, 0.25) is 0 Å². The molecule has 0 aromatic heterocycles. The van der Waals surface area contributed by atoms with Crippen molar-refractivity contribution in [3.05, 3.63) is 35.9 Å². The number of hydrogen-bond acceptors (Lipinski definition) is 3. The summed E-state index contributed by atoms with van der Waals surface area (Å²) in [4.78, 5) is 12.0. The number of methoxy groups -OCH3 is 1. The van der Waals surface area contributed by atoms with E-state index in [2.05, 4.69) is 12.2 Å². The number of nitrogens with one attached hydrogen (secondary N) is 1. The van der Waals surface area contributed by atoms with Crippen molar-refractivity contribution in [3.63, 3.8) is 0 Å². The van der Waals surface area contributed by atoms with E-state index in [4.69, 9.17) is 4.74 Å². The molecule has 1 aliphatic rings. The van der Waals surface area contributed by atoms with Crippen molar-refractivity contribution in [2.24, 2.45) is 11.8 Å². The summed E-state index contributed by atoms with van der Waals surface area (Å²) in [6.45, 7) is 4.00. The molecule has 0 amide bonds. The lowest BCUT2D eigenvalue weighted by atomic mass is 9.80. The predicted octanol–water partition coefficient (Wildman–Crippen LogP) is 3.36. The first kappa shape index (κ1) is 16.0. The van der Waals surface area contributed by atoms with Crippen molar-refractivity contribution in [3.8, 4) is 0 Å². The fourth-order valence-electron chi connectivity index (χ4n) is 3.27. The van der Waals surface area contributed by atoms with Crippen LogP contribution >= 0.6 is 0 Å². The molecule has 0 saturated heterocycles. The molecule has 21 heavy (non-hydrogen) atoms. The second-order valence-corrected chi connectivity index (χ2v) is 6.17. The van der Waals surface area contributed by atoms with Gasteiger partial charge in [0.05, 0.1) is 13.0 Å². The van der Waals surface area contributed by atoms with Crippen molar-refractivity contribution in [2.75, 3.05) is 20.2 Å². The maximum absolute atomic E-state index is 12.0. The Balaban J connectivity index is 1.89. The first-order valence-corrected chi connectivity index (χ1v) is 8.06. The van der Waals surface area contributed by atoms with Crippen LogP contribution in [-0.2, 0) is 9.53 Å². The number of esters is 1. The minimum absolute atomic E-state index is 0.162. The van der Waals surface area contributed by atoms with Crippen molar-refractivity contribution < 1.29 is 9.53 Å². The second kappa shape index (κ2) is 8.18. The molecule has 1 aromatic rings. The molecular weight excluding hydrogens is 262 g/mol. The van der Waals surface area contributed by atoms with Crippen LogP contribution < -0.4 is 5.32 Å². The predicted molar refractivity (Wildman–Crippen MR) is 85.2 cm³/mol. The zero-order valence-corrected chi connectivity index (χ0v) is 13.2. The third kappa shape index (κ3) is 4.57. The molecule has 1 fully saturated rings. The van der Waals surface area contributed by atoms with Crippen LogP contribution in [-0.4, -0.2) is 26.2 Å². The summed E-state index contributed by atoms with van der Waals surface area (Å²) in [5.74, 6) is 1.16. The van der Waals surface area contributed by atoms with Gasteiger partial charge in [-0.1, -0.05) is 56.5 Å². The zero-order chi connectivity index (χ0) is 15.1. The lowest BCUT2D eigenvalue weighted by Crippen LogP contribution is -2.34. The van der Waals surface area contributed by atoms with E-state index in [1.54, 1.807) is 0 Å². The molecule has 3 unspecified atom stereocenters. The summed E-state index contributed by atoms with van der Waals surface area (Å²) in [7, 11) is 1.46. The monoisotopic (exact) mass is 289 g/mol. The summed E-state index contributed by atoms with van der Waals surface area (Å²) in [5, 5.41) is 3.50.